The zero-order chi connectivity index (χ0) is 19.8. The van der Waals surface area contributed by atoms with Gasteiger partial charge in [-0.15, -0.1) is 0 Å². The number of rotatable bonds is 5. The second kappa shape index (κ2) is 7.19. The fourth-order valence-electron chi connectivity index (χ4n) is 2.29. The maximum atomic E-state index is 14.6. The molecule has 1 unspecified atom stereocenters. The lowest BCUT2D eigenvalue weighted by Crippen LogP contribution is -2.15. The standard InChI is InChI=1S/C16H11Cl2F3N3O2P/c1-27(25,24-12-5-3-2-4-10(12)17)13-7-6-9(8-11(13)19)14-22-15(26-23-14)16(18,20)21/h2-8H,1H3,(H,24,25). The molecule has 27 heavy (non-hydrogen) atoms. The van der Waals surface area contributed by atoms with E-state index < -0.39 is 24.4 Å². The second-order valence-electron chi connectivity index (χ2n) is 5.60. The first-order chi connectivity index (χ1) is 12.6. The smallest absolute Gasteiger partial charge is 0.332 e. The van der Waals surface area contributed by atoms with Crippen LogP contribution in [0.5, 0.6) is 0 Å². The molecule has 2 aromatic carbocycles. The Labute approximate surface area is 161 Å². The fourth-order valence-corrected chi connectivity index (χ4v) is 4.22. The van der Waals surface area contributed by atoms with Crippen molar-refractivity contribution < 1.29 is 22.3 Å². The zero-order valence-corrected chi connectivity index (χ0v) is 16.0. The summed E-state index contributed by atoms with van der Waals surface area (Å²) in [5.74, 6) is -2.21. The van der Waals surface area contributed by atoms with E-state index >= 15 is 0 Å². The van der Waals surface area contributed by atoms with Gasteiger partial charge >= 0.3 is 11.3 Å². The minimum atomic E-state index is -3.83. The molecule has 1 N–H and O–H groups in total. The van der Waals surface area contributed by atoms with Crippen LogP contribution in [0.3, 0.4) is 0 Å². The van der Waals surface area contributed by atoms with Crippen molar-refractivity contribution in [1.82, 2.24) is 10.1 Å². The van der Waals surface area contributed by atoms with Gasteiger partial charge in [-0.2, -0.15) is 13.8 Å². The van der Waals surface area contributed by atoms with E-state index in [9.17, 15) is 17.7 Å². The van der Waals surface area contributed by atoms with Crippen molar-refractivity contribution in [2.24, 2.45) is 0 Å². The van der Waals surface area contributed by atoms with Gasteiger partial charge in [-0.3, -0.25) is 4.57 Å². The summed E-state index contributed by atoms with van der Waals surface area (Å²) >= 11 is 10.8. The van der Waals surface area contributed by atoms with Crippen LogP contribution in [0.15, 0.2) is 47.0 Å². The quantitative estimate of drug-likeness (QED) is 0.425. The number of nitrogens with zero attached hydrogens (tertiary/aromatic N) is 2. The van der Waals surface area contributed by atoms with Crippen LogP contribution in [0.1, 0.15) is 5.89 Å². The van der Waals surface area contributed by atoms with Gasteiger partial charge in [0.25, 0.3) is 0 Å². The average molecular weight is 436 g/mol. The SMILES string of the molecule is CP(=O)(Nc1ccccc1Cl)c1ccc(-c2noc(C(F)(F)Cl)n2)cc1F. The normalized spacial score (nSPS) is 14.0. The van der Waals surface area contributed by atoms with Crippen LogP contribution in [0.25, 0.3) is 11.4 Å². The van der Waals surface area contributed by atoms with Gasteiger partial charge in [-0.25, -0.2) is 4.39 Å². The monoisotopic (exact) mass is 435 g/mol. The summed E-state index contributed by atoms with van der Waals surface area (Å²) in [5, 5.41) is 2.49. The van der Waals surface area contributed by atoms with Crippen molar-refractivity contribution in [2.45, 2.75) is 5.38 Å². The van der Waals surface area contributed by atoms with E-state index in [2.05, 4.69) is 19.8 Å². The maximum Gasteiger partial charge on any atom is 0.400 e. The van der Waals surface area contributed by atoms with E-state index in [-0.39, 0.29) is 16.7 Å². The van der Waals surface area contributed by atoms with Gasteiger partial charge in [-0.1, -0.05) is 35.0 Å². The third kappa shape index (κ3) is 4.29. The van der Waals surface area contributed by atoms with Gasteiger partial charge in [0.15, 0.2) is 7.29 Å². The molecule has 11 heteroatoms. The lowest BCUT2D eigenvalue weighted by molar-refractivity contribution is 0.0551. The Balaban J connectivity index is 1.91. The molecule has 142 valence electrons. The average Bonchev–Trinajstić information content (AvgIpc) is 3.07. The number of anilines is 1. The number of hydrogen-bond donors (Lipinski definition) is 1. The number of para-hydroxylation sites is 1. The van der Waals surface area contributed by atoms with Crippen LogP contribution in [0, 0.1) is 5.82 Å². The molecule has 0 aliphatic carbocycles. The molecule has 0 bridgehead atoms. The molecule has 0 saturated carbocycles. The maximum absolute atomic E-state index is 14.6. The Morgan fingerprint density at radius 2 is 1.93 bits per heavy atom. The Morgan fingerprint density at radius 1 is 1.22 bits per heavy atom. The largest absolute Gasteiger partial charge is 0.400 e. The summed E-state index contributed by atoms with van der Waals surface area (Å²) < 4.78 is 57.8. The molecule has 0 aliphatic rings. The van der Waals surface area contributed by atoms with Crippen molar-refractivity contribution in [3.63, 3.8) is 0 Å². The van der Waals surface area contributed by atoms with Crippen LogP contribution in [0.4, 0.5) is 18.9 Å². The van der Waals surface area contributed by atoms with Crippen molar-refractivity contribution in [1.29, 1.82) is 0 Å². The number of halogens is 5. The summed E-state index contributed by atoms with van der Waals surface area (Å²) in [6.07, 6.45) is 0. The van der Waals surface area contributed by atoms with Crippen LogP contribution in [-0.4, -0.2) is 16.8 Å². The van der Waals surface area contributed by atoms with E-state index in [0.717, 1.165) is 6.07 Å². The highest BCUT2D eigenvalue weighted by molar-refractivity contribution is 7.72. The Hall–Kier alpha value is -2.02. The number of alkyl halides is 3. The summed E-state index contributed by atoms with van der Waals surface area (Å²) in [6, 6.07) is 10.2. The van der Waals surface area contributed by atoms with Gasteiger partial charge in [0, 0.05) is 12.2 Å². The van der Waals surface area contributed by atoms with Gasteiger partial charge in [-0.05, 0) is 35.9 Å². The van der Waals surface area contributed by atoms with Gasteiger partial charge in [0.2, 0.25) is 5.82 Å². The van der Waals surface area contributed by atoms with Crippen molar-refractivity contribution in [3.05, 3.63) is 59.2 Å². The van der Waals surface area contributed by atoms with Crippen LogP contribution in [-0.2, 0) is 9.95 Å². The van der Waals surface area contributed by atoms with Crippen LogP contribution < -0.4 is 10.4 Å². The van der Waals surface area contributed by atoms with Crippen molar-refractivity contribution in [3.8, 4) is 11.4 Å². The van der Waals surface area contributed by atoms with Gasteiger partial charge < -0.3 is 9.61 Å². The first-order valence-electron chi connectivity index (χ1n) is 7.39. The zero-order valence-electron chi connectivity index (χ0n) is 13.6. The van der Waals surface area contributed by atoms with E-state index in [1.54, 1.807) is 24.3 Å². The summed E-state index contributed by atoms with van der Waals surface area (Å²) in [7, 11) is -3.38. The first kappa shape index (κ1) is 19.7. The molecular weight excluding hydrogens is 425 g/mol. The molecule has 0 aliphatic heterocycles. The minimum Gasteiger partial charge on any atom is -0.332 e. The molecule has 5 nitrogen and oxygen atoms in total. The van der Waals surface area contributed by atoms with E-state index in [4.69, 9.17) is 23.2 Å². The Morgan fingerprint density at radius 3 is 2.52 bits per heavy atom. The number of aromatic nitrogens is 2. The predicted molar refractivity (Wildman–Crippen MR) is 97.7 cm³/mol. The van der Waals surface area contributed by atoms with Crippen LogP contribution in [0.2, 0.25) is 5.02 Å². The van der Waals surface area contributed by atoms with Crippen LogP contribution >= 0.6 is 30.5 Å². The van der Waals surface area contributed by atoms with E-state index in [1.165, 1.54) is 18.8 Å². The fraction of sp³-hybridized carbons (Fsp3) is 0.125. The molecule has 0 fully saturated rings. The minimum absolute atomic E-state index is 0.0601. The second-order valence-corrected chi connectivity index (χ2v) is 9.04. The third-order valence-corrected chi connectivity index (χ3v) is 5.98. The highest BCUT2D eigenvalue weighted by Crippen LogP contribution is 2.43. The molecule has 0 saturated heterocycles. The van der Waals surface area contributed by atoms with E-state index in [0.29, 0.717) is 10.7 Å². The van der Waals surface area contributed by atoms with Crippen molar-refractivity contribution >= 4 is 41.5 Å². The van der Waals surface area contributed by atoms with Gasteiger partial charge in [0.05, 0.1) is 16.0 Å². The predicted octanol–water partition coefficient (Wildman–Crippen LogP) is 5.46. The summed E-state index contributed by atoms with van der Waals surface area (Å²) in [4.78, 5) is 3.44. The van der Waals surface area contributed by atoms with Crippen molar-refractivity contribution in [2.75, 3.05) is 11.8 Å². The summed E-state index contributed by atoms with van der Waals surface area (Å²) in [5.41, 5.74) is 0.450. The molecule has 1 heterocycles. The molecule has 0 amide bonds. The molecule has 1 aromatic heterocycles. The molecule has 3 aromatic rings. The topological polar surface area (TPSA) is 68.0 Å². The number of nitrogens with one attached hydrogen (secondary N) is 1. The number of benzene rings is 2. The molecule has 3 rings (SSSR count). The van der Waals surface area contributed by atoms with Gasteiger partial charge in [0.1, 0.15) is 5.82 Å². The number of hydrogen-bond acceptors (Lipinski definition) is 4. The molecule has 0 radical (unpaired) electrons. The Kier molecular flexibility index (Phi) is 5.25. The molecule has 1 atom stereocenters. The Bertz CT molecular complexity index is 1040. The lowest BCUT2D eigenvalue weighted by Gasteiger charge is -2.18. The third-order valence-electron chi connectivity index (χ3n) is 3.54. The lowest BCUT2D eigenvalue weighted by atomic mass is 10.2. The highest BCUT2D eigenvalue weighted by atomic mass is 35.5. The summed E-state index contributed by atoms with van der Waals surface area (Å²) in [6.45, 7) is 1.34. The molecular formula is C16H11Cl2F3N3O2P. The van der Waals surface area contributed by atoms with E-state index in [1.807, 2.05) is 0 Å². The molecule has 0 spiro atoms. The highest BCUT2D eigenvalue weighted by Gasteiger charge is 2.36. The first-order valence-corrected chi connectivity index (χ1v) is 10.3.